The Kier molecular flexibility index (Phi) is 4.56. The first kappa shape index (κ1) is 18.1. The Bertz CT molecular complexity index is 1080. The predicted molar refractivity (Wildman–Crippen MR) is 99.9 cm³/mol. The van der Waals surface area contributed by atoms with E-state index in [9.17, 15) is 18.4 Å². The molecule has 2 amide bonds. The number of amides is 2. The van der Waals surface area contributed by atoms with Crippen molar-refractivity contribution < 1.29 is 18.4 Å². The number of rotatable bonds is 4. The van der Waals surface area contributed by atoms with Gasteiger partial charge in [-0.3, -0.25) is 9.59 Å². The first-order valence-corrected chi connectivity index (χ1v) is 8.69. The lowest BCUT2D eigenvalue weighted by atomic mass is 10.1. The number of anilines is 2. The van der Waals surface area contributed by atoms with Gasteiger partial charge in [0.15, 0.2) is 11.6 Å². The molecule has 3 aromatic rings. The topological polar surface area (TPSA) is 76.0 Å². The van der Waals surface area contributed by atoms with Gasteiger partial charge in [0.25, 0.3) is 5.91 Å². The highest BCUT2D eigenvalue weighted by Crippen LogP contribution is 2.36. The van der Waals surface area contributed by atoms with Crippen molar-refractivity contribution in [2.24, 2.45) is 0 Å². The molecule has 28 heavy (non-hydrogen) atoms. The highest BCUT2D eigenvalue weighted by molar-refractivity contribution is 6.30. The quantitative estimate of drug-likeness (QED) is 0.692. The maximum Gasteiger partial charge on any atom is 0.251 e. The summed E-state index contributed by atoms with van der Waals surface area (Å²) in [5, 5.41) is 10.00. The van der Waals surface area contributed by atoms with E-state index in [-0.39, 0.29) is 18.0 Å². The van der Waals surface area contributed by atoms with Crippen LogP contribution in [0.1, 0.15) is 12.5 Å². The van der Waals surface area contributed by atoms with Crippen LogP contribution < -0.4 is 10.6 Å². The third-order valence-corrected chi connectivity index (χ3v) is 4.62. The summed E-state index contributed by atoms with van der Waals surface area (Å²) in [6.45, 7) is 0. The van der Waals surface area contributed by atoms with Gasteiger partial charge in [-0.25, -0.2) is 13.5 Å². The molecule has 0 aliphatic carbocycles. The molecule has 6 nitrogen and oxygen atoms in total. The Hall–Kier alpha value is -3.26. The molecular formula is C19H13ClF2N4O2. The van der Waals surface area contributed by atoms with Crippen LogP contribution in [0.4, 0.5) is 20.3 Å². The van der Waals surface area contributed by atoms with Gasteiger partial charge >= 0.3 is 0 Å². The van der Waals surface area contributed by atoms with Gasteiger partial charge in [-0.1, -0.05) is 23.7 Å². The van der Waals surface area contributed by atoms with Crippen LogP contribution in [-0.4, -0.2) is 21.6 Å². The fourth-order valence-electron chi connectivity index (χ4n) is 3.02. The summed E-state index contributed by atoms with van der Waals surface area (Å²) >= 11 is 5.90. The van der Waals surface area contributed by atoms with E-state index in [4.69, 9.17) is 11.6 Å². The monoisotopic (exact) mass is 402 g/mol. The Labute approximate surface area is 163 Å². The van der Waals surface area contributed by atoms with Crippen LogP contribution in [0, 0.1) is 11.6 Å². The van der Waals surface area contributed by atoms with E-state index in [0.717, 1.165) is 17.7 Å². The van der Waals surface area contributed by atoms with Gasteiger partial charge in [0.2, 0.25) is 5.91 Å². The van der Waals surface area contributed by atoms with Gasteiger partial charge in [0.05, 0.1) is 12.6 Å². The molecular weight excluding hydrogens is 390 g/mol. The lowest BCUT2D eigenvalue weighted by Crippen LogP contribution is -2.23. The lowest BCUT2D eigenvalue weighted by Gasteiger charge is -2.10. The highest BCUT2D eigenvalue weighted by Gasteiger charge is 2.35. The summed E-state index contributed by atoms with van der Waals surface area (Å²) in [7, 11) is 0. The van der Waals surface area contributed by atoms with Gasteiger partial charge in [0.1, 0.15) is 11.9 Å². The van der Waals surface area contributed by atoms with Crippen molar-refractivity contribution in [3.63, 3.8) is 0 Å². The molecule has 9 heteroatoms. The standard InChI is InChI=1S/C19H13ClF2N4O2/c20-11-3-1-10(2-4-11)13-9-23-26-16(19(28)25-18(13)26)8-17(27)24-12-5-6-14(21)15(22)7-12/h1-7,9,16H,8H2,(H,24,27)(H,25,28). The molecule has 0 spiro atoms. The van der Waals surface area contributed by atoms with Crippen LogP contribution >= 0.6 is 11.6 Å². The number of hydrogen-bond donors (Lipinski definition) is 2. The van der Waals surface area contributed by atoms with Crippen molar-refractivity contribution >= 4 is 34.9 Å². The first-order chi connectivity index (χ1) is 13.4. The SMILES string of the molecule is O=C(CC1C(=O)Nc2c(-c3ccc(Cl)cc3)cnn21)Nc1ccc(F)c(F)c1. The lowest BCUT2D eigenvalue weighted by molar-refractivity contribution is -0.123. The molecule has 1 aliphatic heterocycles. The summed E-state index contributed by atoms with van der Waals surface area (Å²) in [4.78, 5) is 24.6. The number of nitrogens with zero attached hydrogens (tertiary/aromatic N) is 2. The number of aromatic nitrogens is 2. The van der Waals surface area contributed by atoms with Crippen LogP contribution in [-0.2, 0) is 9.59 Å². The minimum Gasteiger partial charge on any atom is -0.326 e. The van der Waals surface area contributed by atoms with Crippen LogP contribution in [0.25, 0.3) is 11.1 Å². The first-order valence-electron chi connectivity index (χ1n) is 8.31. The molecule has 1 unspecified atom stereocenters. The van der Waals surface area contributed by atoms with E-state index in [1.54, 1.807) is 30.5 Å². The number of benzene rings is 2. The Balaban J connectivity index is 1.52. The molecule has 1 atom stereocenters. The molecule has 0 bridgehead atoms. The Morgan fingerprint density at radius 2 is 1.93 bits per heavy atom. The molecule has 0 saturated carbocycles. The zero-order valence-corrected chi connectivity index (χ0v) is 15.0. The van der Waals surface area contributed by atoms with Gasteiger partial charge in [0, 0.05) is 22.3 Å². The second-order valence-electron chi connectivity index (χ2n) is 6.24. The predicted octanol–water partition coefficient (Wildman–Crippen LogP) is 4.00. The normalized spacial score (nSPS) is 15.2. The molecule has 0 saturated heterocycles. The average Bonchev–Trinajstić information content (AvgIpc) is 3.19. The van der Waals surface area contributed by atoms with Crippen molar-refractivity contribution in [2.75, 3.05) is 10.6 Å². The fraction of sp³-hybridized carbons (Fsp3) is 0.105. The van der Waals surface area contributed by atoms with E-state index in [2.05, 4.69) is 15.7 Å². The largest absolute Gasteiger partial charge is 0.326 e. The second kappa shape index (κ2) is 7.05. The fourth-order valence-corrected chi connectivity index (χ4v) is 3.14. The maximum atomic E-state index is 13.3. The highest BCUT2D eigenvalue weighted by atomic mass is 35.5. The van der Waals surface area contributed by atoms with Gasteiger partial charge in [-0.15, -0.1) is 0 Å². The number of fused-ring (bicyclic) bond motifs is 1. The van der Waals surface area contributed by atoms with Gasteiger partial charge < -0.3 is 10.6 Å². The molecule has 1 aromatic heterocycles. The number of halogens is 3. The summed E-state index contributed by atoms with van der Waals surface area (Å²) in [5.41, 5.74) is 1.62. The van der Waals surface area contributed by atoms with Crippen LogP contribution in [0.15, 0.2) is 48.7 Å². The van der Waals surface area contributed by atoms with Crippen molar-refractivity contribution in [1.29, 1.82) is 0 Å². The number of carbonyl (C=O) groups is 2. The number of hydrogen-bond acceptors (Lipinski definition) is 3. The van der Waals surface area contributed by atoms with E-state index < -0.39 is 23.6 Å². The molecule has 2 N–H and O–H groups in total. The molecule has 0 fully saturated rings. The number of nitrogens with one attached hydrogen (secondary N) is 2. The third-order valence-electron chi connectivity index (χ3n) is 4.37. The van der Waals surface area contributed by atoms with Gasteiger partial charge in [-0.2, -0.15) is 5.10 Å². The summed E-state index contributed by atoms with van der Waals surface area (Å²) in [5.74, 6) is -2.50. The van der Waals surface area contributed by atoms with Gasteiger partial charge in [-0.05, 0) is 29.8 Å². The van der Waals surface area contributed by atoms with Crippen molar-refractivity contribution in [3.05, 3.63) is 65.3 Å². The van der Waals surface area contributed by atoms with Crippen LogP contribution in [0.3, 0.4) is 0 Å². The van der Waals surface area contributed by atoms with Crippen molar-refractivity contribution in [1.82, 2.24) is 9.78 Å². The van der Waals surface area contributed by atoms with Crippen LogP contribution in [0.5, 0.6) is 0 Å². The zero-order valence-electron chi connectivity index (χ0n) is 14.2. The van der Waals surface area contributed by atoms with Crippen LogP contribution in [0.2, 0.25) is 5.02 Å². The molecule has 2 aromatic carbocycles. The molecule has 1 aliphatic rings. The minimum absolute atomic E-state index is 0.102. The Morgan fingerprint density at radius 1 is 1.18 bits per heavy atom. The molecule has 142 valence electrons. The second-order valence-corrected chi connectivity index (χ2v) is 6.68. The van der Waals surface area contributed by atoms with E-state index in [0.29, 0.717) is 16.4 Å². The smallest absolute Gasteiger partial charge is 0.251 e. The average molecular weight is 403 g/mol. The van der Waals surface area contributed by atoms with Crippen molar-refractivity contribution in [3.8, 4) is 11.1 Å². The summed E-state index contributed by atoms with van der Waals surface area (Å²) in [6, 6.07) is 9.24. The maximum absolute atomic E-state index is 13.3. The molecule has 2 heterocycles. The van der Waals surface area contributed by atoms with E-state index in [1.165, 1.54) is 10.7 Å². The van der Waals surface area contributed by atoms with E-state index in [1.807, 2.05) is 0 Å². The minimum atomic E-state index is -1.07. The summed E-state index contributed by atoms with van der Waals surface area (Å²) in [6.07, 6.45) is 1.39. The van der Waals surface area contributed by atoms with Crippen molar-refractivity contribution in [2.45, 2.75) is 12.5 Å². The summed E-state index contributed by atoms with van der Waals surface area (Å²) < 4.78 is 27.7. The molecule has 0 radical (unpaired) electrons. The molecule has 4 rings (SSSR count). The zero-order chi connectivity index (χ0) is 19.8. The Morgan fingerprint density at radius 3 is 2.64 bits per heavy atom. The third kappa shape index (κ3) is 3.34. The number of carbonyl (C=O) groups excluding carboxylic acids is 2. The van der Waals surface area contributed by atoms with E-state index >= 15 is 0 Å².